The lowest BCUT2D eigenvalue weighted by molar-refractivity contribution is 0.263. The van der Waals surface area contributed by atoms with Crippen molar-refractivity contribution in [1.29, 1.82) is 0 Å². The highest BCUT2D eigenvalue weighted by Crippen LogP contribution is 2.46. The van der Waals surface area contributed by atoms with E-state index in [1.807, 2.05) is 6.07 Å². The van der Waals surface area contributed by atoms with Gasteiger partial charge in [0.15, 0.2) is 11.5 Å². The fourth-order valence-electron chi connectivity index (χ4n) is 4.73. The van der Waals surface area contributed by atoms with E-state index in [-0.39, 0.29) is 5.41 Å². The van der Waals surface area contributed by atoms with Gasteiger partial charge in [0.25, 0.3) is 0 Å². The van der Waals surface area contributed by atoms with E-state index in [0.717, 1.165) is 49.6 Å². The molecule has 0 bridgehead atoms. The number of methoxy groups -OCH3 is 2. The summed E-state index contributed by atoms with van der Waals surface area (Å²) in [6.45, 7) is 2.76. The van der Waals surface area contributed by atoms with Crippen LogP contribution in [0.25, 0.3) is 0 Å². The van der Waals surface area contributed by atoms with Gasteiger partial charge in [-0.05, 0) is 62.2 Å². The average Bonchev–Trinajstić information content (AvgIpc) is 3.23. The number of hydrogen-bond acceptors (Lipinski definition) is 4. The number of likely N-dealkylation sites (N-methyl/N-ethyl adjacent to an activating group) is 1. The molecular formula is C28H33NO3. The summed E-state index contributed by atoms with van der Waals surface area (Å²) in [5, 5.41) is 0. The third-order valence-electron chi connectivity index (χ3n) is 6.58. The third kappa shape index (κ3) is 4.61. The summed E-state index contributed by atoms with van der Waals surface area (Å²) in [6.07, 6.45) is 3.15. The predicted octanol–water partition coefficient (Wildman–Crippen LogP) is 5.34. The van der Waals surface area contributed by atoms with Crippen molar-refractivity contribution in [2.75, 3.05) is 41.0 Å². The van der Waals surface area contributed by atoms with Gasteiger partial charge in [-0.2, -0.15) is 0 Å². The number of nitrogens with zero attached hydrogens (tertiary/aromatic N) is 1. The fraction of sp³-hybridized carbons (Fsp3) is 0.357. The van der Waals surface area contributed by atoms with E-state index in [9.17, 15) is 0 Å². The number of para-hydroxylation sites is 1. The molecule has 0 radical (unpaired) electrons. The van der Waals surface area contributed by atoms with Crippen molar-refractivity contribution in [1.82, 2.24) is 4.90 Å². The van der Waals surface area contributed by atoms with Crippen LogP contribution in [0.5, 0.6) is 17.2 Å². The normalized spacial score (nSPS) is 17.1. The Kier molecular flexibility index (Phi) is 7.01. The summed E-state index contributed by atoms with van der Waals surface area (Å²) in [5.74, 6) is 2.59. The molecule has 0 fully saturated rings. The molecule has 1 unspecified atom stereocenters. The first-order valence-electron chi connectivity index (χ1n) is 11.3. The first-order chi connectivity index (χ1) is 15.7. The first-order valence-corrected chi connectivity index (χ1v) is 11.3. The maximum absolute atomic E-state index is 6.14. The summed E-state index contributed by atoms with van der Waals surface area (Å²) in [7, 11) is 5.55. The van der Waals surface area contributed by atoms with Crippen LogP contribution < -0.4 is 14.2 Å². The van der Waals surface area contributed by atoms with Gasteiger partial charge in [-0.3, -0.25) is 0 Å². The summed E-state index contributed by atoms with van der Waals surface area (Å²) in [4.78, 5) is 2.41. The molecule has 0 aromatic heterocycles. The monoisotopic (exact) mass is 431 g/mol. The molecule has 168 valence electrons. The zero-order valence-corrected chi connectivity index (χ0v) is 19.3. The van der Waals surface area contributed by atoms with Crippen molar-refractivity contribution in [3.63, 3.8) is 0 Å². The Morgan fingerprint density at radius 2 is 1.62 bits per heavy atom. The van der Waals surface area contributed by atoms with Crippen molar-refractivity contribution < 1.29 is 14.2 Å². The van der Waals surface area contributed by atoms with E-state index >= 15 is 0 Å². The van der Waals surface area contributed by atoms with Crippen LogP contribution in [0.2, 0.25) is 0 Å². The van der Waals surface area contributed by atoms with Crippen LogP contribution in [0.3, 0.4) is 0 Å². The number of rotatable bonds is 10. The number of fused-ring (bicyclic) bond motifs is 1. The van der Waals surface area contributed by atoms with Gasteiger partial charge in [0.2, 0.25) is 0 Å². The molecule has 0 spiro atoms. The molecule has 0 N–H and O–H groups in total. The van der Waals surface area contributed by atoms with E-state index in [1.54, 1.807) is 14.2 Å². The number of benzene rings is 3. The van der Waals surface area contributed by atoms with Crippen molar-refractivity contribution in [3.8, 4) is 17.2 Å². The molecule has 0 amide bonds. The summed E-state index contributed by atoms with van der Waals surface area (Å²) in [6, 6.07) is 25.5. The minimum absolute atomic E-state index is 0.0674. The van der Waals surface area contributed by atoms with Gasteiger partial charge in [-0.15, -0.1) is 0 Å². The van der Waals surface area contributed by atoms with Crippen molar-refractivity contribution >= 4 is 0 Å². The van der Waals surface area contributed by atoms with Crippen molar-refractivity contribution in [3.05, 3.63) is 89.5 Å². The quantitative estimate of drug-likeness (QED) is 0.434. The highest BCUT2D eigenvalue weighted by atomic mass is 16.5. The Labute approximate surface area is 191 Å². The lowest BCUT2D eigenvalue weighted by Gasteiger charge is -2.30. The van der Waals surface area contributed by atoms with E-state index in [1.165, 1.54) is 16.7 Å². The van der Waals surface area contributed by atoms with Gasteiger partial charge in [-0.1, -0.05) is 54.6 Å². The standard InChI is InChI=1S/C28H33NO3/c1-29(19-16-22-14-15-26(30-2)27(20-22)31-3)18-9-17-28(23-10-5-4-6-11-23)21-32-25-13-8-7-12-24(25)28/h4-8,10-15,20H,9,16-19,21H2,1-3H3. The Morgan fingerprint density at radius 3 is 2.41 bits per heavy atom. The van der Waals surface area contributed by atoms with E-state index in [0.29, 0.717) is 6.61 Å². The van der Waals surface area contributed by atoms with Gasteiger partial charge < -0.3 is 19.1 Å². The molecule has 3 aromatic carbocycles. The Bertz CT molecular complexity index is 1020. The number of ether oxygens (including phenoxy) is 3. The van der Waals surface area contributed by atoms with Crippen LogP contribution in [0.1, 0.15) is 29.5 Å². The van der Waals surface area contributed by atoms with E-state index in [2.05, 4.69) is 78.7 Å². The first kappa shape index (κ1) is 22.2. The van der Waals surface area contributed by atoms with Gasteiger partial charge in [0.1, 0.15) is 12.4 Å². The second-order valence-corrected chi connectivity index (χ2v) is 8.58. The lowest BCUT2D eigenvalue weighted by atomic mass is 9.73. The summed E-state index contributed by atoms with van der Waals surface area (Å²) in [5.41, 5.74) is 3.85. The van der Waals surface area contributed by atoms with Crippen LogP contribution in [-0.2, 0) is 11.8 Å². The van der Waals surface area contributed by atoms with Crippen LogP contribution in [0.4, 0.5) is 0 Å². The topological polar surface area (TPSA) is 30.9 Å². The predicted molar refractivity (Wildman–Crippen MR) is 129 cm³/mol. The fourth-order valence-corrected chi connectivity index (χ4v) is 4.73. The van der Waals surface area contributed by atoms with Gasteiger partial charge in [-0.25, -0.2) is 0 Å². The minimum Gasteiger partial charge on any atom is -0.493 e. The van der Waals surface area contributed by atoms with E-state index in [4.69, 9.17) is 14.2 Å². The average molecular weight is 432 g/mol. The largest absolute Gasteiger partial charge is 0.493 e. The molecule has 0 aliphatic carbocycles. The minimum atomic E-state index is -0.0674. The zero-order chi connectivity index (χ0) is 22.4. The van der Waals surface area contributed by atoms with Crippen LogP contribution in [-0.4, -0.2) is 45.9 Å². The van der Waals surface area contributed by atoms with Gasteiger partial charge in [0, 0.05) is 12.1 Å². The zero-order valence-electron chi connectivity index (χ0n) is 19.3. The summed E-state index contributed by atoms with van der Waals surface area (Å²) >= 11 is 0. The Hall–Kier alpha value is -2.98. The third-order valence-corrected chi connectivity index (χ3v) is 6.58. The maximum Gasteiger partial charge on any atom is 0.160 e. The SMILES string of the molecule is COc1ccc(CCN(C)CCCC2(c3ccccc3)COc3ccccc32)cc1OC. The second kappa shape index (κ2) is 10.1. The van der Waals surface area contributed by atoms with Gasteiger partial charge in [0.05, 0.1) is 19.6 Å². The molecule has 1 heterocycles. The lowest BCUT2D eigenvalue weighted by Crippen LogP contribution is -2.31. The number of hydrogen-bond donors (Lipinski definition) is 0. The Morgan fingerprint density at radius 1 is 0.875 bits per heavy atom. The van der Waals surface area contributed by atoms with Crippen LogP contribution in [0.15, 0.2) is 72.8 Å². The molecule has 4 nitrogen and oxygen atoms in total. The molecule has 4 heteroatoms. The second-order valence-electron chi connectivity index (χ2n) is 8.58. The molecule has 0 saturated carbocycles. The maximum atomic E-state index is 6.14. The van der Waals surface area contributed by atoms with Crippen molar-refractivity contribution in [2.24, 2.45) is 0 Å². The Balaban J connectivity index is 1.38. The molecular weight excluding hydrogens is 398 g/mol. The summed E-state index contributed by atoms with van der Waals surface area (Å²) < 4.78 is 16.9. The molecule has 4 rings (SSSR count). The molecule has 1 atom stereocenters. The van der Waals surface area contributed by atoms with Crippen molar-refractivity contribution in [2.45, 2.75) is 24.7 Å². The molecule has 32 heavy (non-hydrogen) atoms. The van der Waals surface area contributed by atoms with Crippen LogP contribution in [0, 0.1) is 0 Å². The smallest absolute Gasteiger partial charge is 0.160 e. The highest BCUT2D eigenvalue weighted by molar-refractivity contribution is 5.50. The van der Waals surface area contributed by atoms with E-state index < -0.39 is 0 Å². The molecule has 0 saturated heterocycles. The molecule has 1 aliphatic rings. The van der Waals surface area contributed by atoms with Crippen LogP contribution >= 0.6 is 0 Å². The highest BCUT2D eigenvalue weighted by Gasteiger charge is 2.41. The molecule has 3 aromatic rings. The van der Waals surface area contributed by atoms with Gasteiger partial charge >= 0.3 is 0 Å². The molecule has 1 aliphatic heterocycles.